The third-order valence-electron chi connectivity index (χ3n) is 5.81. The number of anilines is 3. The zero-order valence-electron chi connectivity index (χ0n) is 20.6. The highest BCUT2D eigenvalue weighted by Crippen LogP contribution is 2.36. The van der Waals surface area contributed by atoms with Crippen molar-refractivity contribution in [1.82, 2.24) is 0 Å². The van der Waals surface area contributed by atoms with E-state index in [2.05, 4.69) is 114 Å². The Labute approximate surface area is 219 Å². The largest absolute Gasteiger partial charge is 0.494 e. The molecule has 3 nitrogen and oxygen atoms in total. The van der Waals surface area contributed by atoms with Crippen molar-refractivity contribution in [2.45, 2.75) is 65.2 Å². The van der Waals surface area contributed by atoms with Gasteiger partial charge in [0.15, 0.2) is 0 Å². The van der Waals surface area contributed by atoms with Gasteiger partial charge in [-0.25, -0.2) is 0 Å². The number of rotatable bonds is 15. The Balaban J connectivity index is 1.71. The molecule has 0 atom stereocenters. The number of benzene rings is 3. The molecule has 0 amide bonds. The van der Waals surface area contributed by atoms with Crippen molar-refractivity contribution in [2.24, 2.45) is 0 Å². The molecule has 3 rings (SSSR count). The van der Waals surface area contributed by atoms with Gasteiger partial charge in [-0.2, -0.15) is 0 Å². The van der Waals surface area contributed by atoms with Gasteiger partial charge in [0.25, 0.3) is 0 Å². The van der Waals surface area contributed by atoms with Crippen LogP contribution in [0.15, 0.2) is 72.8 Å². The van der Waals surface area contributed by atoms with Crippen molar-refractivity contribution in [3.05, 3.63) is 76.4 Å². The SMILES string of the molecule is CCCCCCOc1ccc(N(c2ccc(I)cc2)c2ccc(OCCCCCC)cc2)cc1. The van der Waals surface area contributed by atoms with Gasteiger partial charge in [-0.3, -0.25) is 0 Å². The van der Waals surface area contributed by atoms with E-state index in [1.165, 1.54) is 42.1 Å². The molecule has 0 N–H and O–H groups in total. The molecular formula is C30H38INO2. The summed E-state index contributed by atoms with van der Waals surface area (Å²) in [5.41, 5.74) is 3.34. The first-order chi connectivity index (χ1) is 16.7. The summed E-state index contributed by atoms with van der Waals surface area (Å²) in [4.78, 5) is 2.27. The highest BCUT2D eigenvalue weighted by molar-refractivity contribution is 14.1. The van der Waals surface area contributed by atoms with Crippen molar-refractivity contribution in [3.63, 3.8) is 0 Å². The van der Waals surface area contributed by atoms with Crippen LogP contribution in [-0.2, 0) is 0 Å². The summed E-state index contributed by atoms with van der Waals surface area (Å²) in [6.07, 6.45) is 9.71. The molecule has 4 heteroatoms. The fraction of sp³-hybridized carbons (Fsp3) is 0.400. The molecule has 0 aliphatic heterocycles. The quantitative estimate of drug-likeness (QED) is 0.134. The summed E-state index contributed by atoms with van der Waals surface area (Å²) >= 11 is 2.35. The van der Waals surface area contributed by atoms with Crippen LogP contribution in [-0.4, -0.2) is 13.2 Å². The van der Waals surface area contributed by atoms with E-state index in [0.717, 1.165) is 54.6 Å². The van der Waals surface area contributed by atoms with Gasteiger partial charge in [-0.1, -0.05) is 52.4 Å². The highest BCUT2D eigenvalue weighted by atomic mass is 127. The van der Waals surface area contributed by atoms with Crippen molar-refractivity contribution in [3.8, 4) is 11.5 Å². The predicted molar refractivity (Wildman–Crippen MR) is 153 cm³/mol. The van der Waals surface area contributed by atoms with E-state index in [1.54, 1.807) is 0 Å². The third kappa shape index (κ3) is 8.53. The Morgan fingerprint density at radius 2 is 0.912 bits per heavy atom. The summed E-state index contributed by atoms with van der Waals surface area (Å²) in [6, 6.07) is 25.4. The summed E-state index contributed by atoms with van der Waals surface area (Å²) < 4.78 is 13.1. The van der Waals surface area contributed by atoms with E-state index in [-0.39, 0.29) is 0 Å². The predicted octanol–water partition coefficient (Wildman–Crippen LogP) is 9.68. The summed E-state index contributed by atoms with van der Waals surface area (Å²) in [5, 5.41) is 0. The Hall–Kier alpha value is -2.21. The second-order valence-electron chi connectivity index (χ2n) is 8.62. The smallest absolute Gasteiger partial charge is 0.119 e. The maximum atomic E-state index is 5.96. The second-order valence-corrected chi connectivity index (χ2v) is 9.86. The van der Waals surface area contributed by atoms with Crippen LogP contribution in [0.4, 0.5) is 17.1 Å². The topological polar surface area (TPSA) is 21.7 Å². The monoisotopic (exact) mass is 571 g/mol. The first-order valence-electron chi connectivity index (χ1n) is 12.7. The Kier molecular flexibility index (Phi) is 11.6. The first kappa shape index (κ1) is 26.4. The maximum Gasteiger partial charge on any atom is 0.119 e. The molecule has 0 fully saturated rings. The molecule has 3 aromatic rings. The van der Waals surface area contributed by atoms with Gasteiger partial charge in [0, 0.05) is 20.6 Å². The van der Waals surface area contributed by atoms with E-state index in [4.69, 9.17) is 9.47 Å². The summed E-state index contributed by atoms with van der Waals surface area (Å²) in [6.45, 7) is 6.02. The van der Waals surface area contributed by atoms with Crippen LogP contribution in [0, 0.1) is 3.57 Å². The summed E-state index contributed by atoms with van der Waals surface area (Å²) in [7, 11) is 0. The van der Waals surface area contributed by atoms with E-state index in [1.807, 2.05) is 0 Å². The lowest BCUT2D eigenvalue weighted by atomic mass is 10.2. The Morgan fingerprint density at radius 3 is 1.29 bits per heavy atom. The maximum absolute atomic E-state index is 5.96. The average Bonchev–Trinajstić information content (AvgIpc) is 2.87. The average molecular weight is 572 g/mol. The van der Waals surface area contributed by atoms with Crippen molar-refractivity contribution < 1.29 is 9.47 Å². The molecule has 0 aliphatic rings. The molecule has 0 saturated heterocycles. The van der Waals surface area contributed by atoms with Crippen molar-refractivity contribution in [2.75, 3.05) is 18.1 Å². The van der Waals surface area contributed by atoms with Crippen LogP contribution in [0.1, 0.15) is 65.2 Å². The van der Waals surface area contributed by atoms with Crippen LogP contribution in [0.2, 0.25) is 0 Å². The lowest BCUT2D eigenvalue weighted by molar-refractivity contribution is 0.305. The second kappa shape index (κ2) is 14.9. The minimum atomic E-state index is 0.778. The standard InChI is InChI=1S/C30H38INO2/c1-3-5-7-9-23-33-29-19-15-27(16-20-29)32(26-13-11-25(31)12-14-26)28-17-21-30(22-18-28)34-24-10-8-6-4-2/h11-22H,3-10,23-24H2,1-2H3. The third-order valence-corrected chi connectivity index (χ3v) is 6.53. The van der Waals surface area contributed by atoms with Gasteiger partial charge in [0.2, 0.25) is 0 Å². The molecular weight excluding hydrogens is 533 g/mol. The number of ether oxygens (including phenoxy) is 2. The zero-order valence-corrected chi connectivity index (χ0v) is 22.8. The summed E-state index contributed by atoms with van der Waals surface area (Å²) in [5.74, 6) is 1.85. The van der Waals surface area contributed by atoms with Crippen LogP contribution in [0.3, 0.4) is 0 Å². The molecule has 3 aromatic carbocycles. The fourth-order valence-corrected chi connectivity index (χ4v) is 4.22. The number of unbranched alkanes of at least 4 members (excludes halogenated alkanes) is 6. The highest BCUT2D eigenvalue weighted by Gasteiger charge is 2.13. The number of halogens is 1. The molecule has 182 valence electrons. The Bertz CT molecular complexity index is 882. The molecule has 0 aliphatic carbocycles. The number of hydrogen-bond acceptors (Lipinski definition) is 3. The van der Waals surface area contributed by atoms with Crippen LogP contribution >= 0.6 is 22.6 Å². The van der Waals surface area contributed by atoms with Crippen LogP contribution in [0.25, 0.3) is 0 Å². The zero-order chi connectivity index (χ0) is 24.0. The van der Waals surface area contributed by atoms with E-state index in [9.17, 15) is 0 Å². The lowest BCUT2D eigenvalue weighted by Gasteiger charge is -2.26. The molecule has 34 heavy (non-hydrogen) atoms. The Morgan fingerprint density at radius 1 is 0.529 bits per heavy atom. The van der Waals surface area contributed by atoms with Crippen molar-refractivity contribution in [1.29, 1.82) is 0 Å². The number of nitrogens with zero attached hydrogens (tertiary/aromatic N) is 1. The van der Waals surface area contributed by atoms with Crippen LogP contribution < -0.4 is 14.4 Å². The molecule has 0 aromatic heterocycles. The molecule has 0 unspecified atom stereocenters. The lowest BCUT2D eigenvalue weighted by Crippen LogP contribution is -2.10. The fourth-order valence-electron chi connectivity index (χ4n) is 3.86. The van der Waals surface area contributed by atoms with Gasteiger partial charge in [0.05, 0.1) is 13.2 Å². The van der Waals surface area contributed by atoms with E-state index < -0.39 is 0 Å². The van der Waals surface area contributed by atoms with E-state index >= 15 is 0 Å². The molecule has 0 heterocycles. The van der Waals surface area contributed by atoms with Gasteiger partial charge in [-0.05, 0) is 108 Å². The molecule has 0 saturated carbocycles. The van der Waals surface area contributed by atoms with Gasteiger partial charge in [-0.15, -0.1) is 0 Å². The first-order valence-corrected chi connectivity index (χ1v) is 13.8. The van der Waals surface area contributed by atoms with Crippen molar-refractivity contribution >= 4 is 39.7 Å². The van der Waals surface area contributed by atoms with Gasteiger partial charge in [0.1, 0.15) is 11.5 Å². The normalized spacial score (nSPS) is 10.8. The van der Waals surface area contributed by atoms with Gasteiger partial charge < -0.3 is 14.4 Å². The molecule has 0 bridgehead atoms. The van der Waals surface area contributed by atoms with Gasteiger partial charge >= 0.3 is 0 Å². The minimum Gasteiger partial charge on any atom is -0.494 e. The number of hydrogen-bond donors (Lipinski definition) is 0. The molecule has 0 radical (unpaired) electrons. The van der Waals surface area contributed by atoms with Crippen LogP contribution in [0.5, 0.6) is 11.5 Å². The molecule has 0 spiro atoms. The minimum absolute atomic E-state index is 0.778. The van der Waals surface area contributed by atoms with E-state index in [0.29, 0.717) is 0 Å².